The minimum absolute atomic E-state index is 0.00832. The predicted molar refractivity (Wildman–Crippen MR) is 69.5 cm³/mol. The van der Waals surface area contributed by atoms with Gasteiger partial charge in [-0.1, -0.05) is 12.1 Å². The van der Waals surface area contributed by atoms with Crippen LogP contribution in [0.4, 0.5) is 0 Å². The molecule has 0 N–H and O–H groups in total. The third kappa shape index (κ3) is 2.83. The van der Waals surface area contributed by atoms with E-state index in [-0.39, 0.29) is 11.5 Å². The monoisotopic (exact) mass is 245 g/mol. The number of nitrogens with zero attached hydrogens (tertiary/aromatic N) is 1. The van der Waals surface area contributed by atoms with Crippen LogP contribution in [0, 0.1) is 11.3 Å². The molecule has 0 saturated carbocycles. The van der Waals surface area contributed by atoms with Crippen molar-refractivity contribution in [3.8, 4) is 11.8 Å². The first-order valence-electron chi connectivity index (χ1n) is 6.28. The Labute approximate surface area is 108 Å². The molecule has 0 amide bonds. The van der Waals surface area contributed by atoms with E-state index in [0.717, 1.165) is 24.2 Å². The van der Waals surface area contributed by atoms with E-state index >= 15 is 0 Å². The molecule has 1 aliphatic rings. The number of epoxide rings is 1. The Morgan fingerprint density at radius 1 is 1.50 bits per heavy atom. The van der Waals surface area contributed by atoms with Crippen LogP contribution < -0.4 is 4.74 Å². The van der Waals surface area contributed by atoms with Crippen LogP contribution in [0.5, 0.6) is 5.75 Å². The summed E-state index contributed by atoms with van der Waals surface area (Å²) in [6, 6.07) is 10.1. The fourth-order valence-electron chi connectivity index (χ4n) is 2.22. The van der Waals surface area contributed by atoms with Gasteiger partial charge in [0.2, 0.25) is 0 Å². The number of ether oxygens (including phenoxy) is 2. The molecule has 0 spiro atoms. The Bertz CT molecular complexity index is 462. The summed E-state index contributed by atoms with van der Waals surface area (Å²) in [6.07, 6.45) is 2.07. The summed E-state index contributed by atoms with van der Waals surface area (Å²) in [5.74, 6) is 0.718. The summed E-state index contributed by atoms with van der Waals surface area (Å²) >= 11 is 0. The highest BCUT2D eigenvalue weighted by molar-refractivity contribution is 5.33. The molecule has 1 aromatic rings. The lowest BCUT2D eigenvalue weighted by molar-refractivity contribution is 0.318. The zero-order valence-electron chi connectivity index (χ0n) is 11.1. The van der Waals surface area contributed by atoms with Gasteiger partial charge in [-0.3, -0.25) is 0 Å². The molecule has 0 aromatic heterocycles. The van der Waals surface area contributed by atoms with Crippen LogP contribution in [0.1, 0.15) is 38.2 Å². The van der Waals surface area contributed by atoms with Crippen molar-refractivity contribution in [2.75, 3.05) is 7.11 Å². The molecule has 18 heavy (non-hydrogen) atoms. The summed E-state index contributed by atoms with van der Waals surface area (Å²) in [7, 11) is 1.64. The van der Waals surface area contributed by atoms with E-state index < -0.39 is 0 Å². The highest BCUT2D eigenvalue weighted by Crippen LogP contribution is 2.40. The molecule has 0 bridgehead atoms. The molecule has 2 rings (SSSR count). The molecule has 2 unspecified atom stereocenters. The standard InChI is InChI=1S/C15H19NO2/c1-15(2)14(18-15)8-7-12(10-16)11-5-4-6-13(9-11)17-3/h4-6,9,12,14H,7-8H2,1-3H3. The van der Waals surface area contributed by atoms with E-state index in [1.807, 2.05) is 24.3 Å². The van der Waals surface area contributed by atoms with Gasteiger partial charge in [-0.15, -0.1) is 0 Å². The molecule has 3 nitrogen and oxygen atoms in total. The van der Waals surface area contributed by atoms with Crippen LogP contribution in [-0.2, 0) is 4.74 Å². The summed E-state index contributed by atoms with van der Waals surface area (Å²) < 4.78 is 10.7. The second kappa shape index (κ2) is 4.99. The number of methoxy groups -OCH3 is 1. The van der Waals surface area contributed by atoms with Gasteiger partial charge >= 0.3 is 0 Å². The molecule has 0 aliphatic carbocycles. The quantitative estimate of drug-likeness (QED) is 0.748. The Morgan fingerprint density at radius 3 is 2.78 bits per heavy atom. The molecule has 1 heterocycles. The number of nitriles is 1. The maximum absolute atomic E-state index is 9.27. The third-order valence-corrected chi connectivity index (χ3v) is 3.53. The first-order chi connectivity index (χ1) is 8.56. The highest BCUT2D eigenvalue weighted by atomic mass is 16.6. The van der Waals surface area contributed by atoms with Crippen LogP contribution >= 0.6 is 0 Å². The molecular weight excluding hydrogens is 226 g/mol. The molecule has 0 radical (unpaired) electrons. The van der Waals surface area contributed by atoms with Gasteiger partial charge in [0.15, 0.2) is 0 Å². The van der Waals surface area contributed by atoms with Crippen molar-refractivity contribution in [1.82, 2.24) is 0 Å². The van der Waals surface area contributed by atoms with Gasteiger partial charge in [0.25, 0.3) is 0 Å². The Morgan fingerprint density at radius 2 is 2.22 bits per heavy atom. The minimum atomic E-state index is -0.0832. The topological polar surface area (TPSA) is 45.5 Å². The smallest absolute Gasteiger partial charge is 0.119 e. The number of hydrogen-bond donors (Lipinski definition) is 0. The fraction of sp³-hybridized carbons (Fsp3) is 0.533. The average molecular weight is 245 g/mol. The highest BCUT2D eigenvalue weighted by Gasteiger charge is 2.47. The number of rotatable bonds is 5. The fourth-order valence-corrected chi connectivity index (χ4v) is 2.22. The molecular formula is C15H19NO2. The Hall–Kier alpha value is -1.53. The Balaban J connectivity index is 1.98. The van der Waals surface area contributed by atoms with Crippen molar-refractivity contribution >= 4 is 0 Å². The van der Waals surface area contributed by atoms with Crippen molar-refractivity contribution in [3.63, 3.8) is 0 Å². The van der Waals surface area contributed by atoms with E-state index in [1.54, 1.807) is 7.11 Å². The minimum Gasteiger partial charge on any atom is -0.497 e. The van der Waals surface area contributed by atoms with Crippen LogP contribution in [0.15, 0.2) is 24.3 Å². The predicted octanol–water partition coefficient (Wildman–Crippen LogP) is 3.26. The maximum atomic E-state index is 9.27. The molecule has 1 aromatic carbocycles. The van der Waals surface area contributed by atoms with E-state index in [2.05, 4.69) is 19.9 Å². The Kier molecular flexibility index (Phi) is 3.58. The molecule has 1 saturated heterocycles. The zero-order chi connectivity index (χ0) is 13.2. The first kappa shape index (κ1) is 12.9. The van der Waals surface area contributed by atoms with Crippen molar-refractivity contribution in [1.29, 1.82) is 5.26 Å². The van der Waals surface area contributed by atoms with Gasteiger partial charge < -0.3 is 9.47 Å². The number of hydrogen-bond acceptors (Lipinski definition) is 3. The SMILES string of the molecule is COc1cccc(C(C#N)CCC2OC2(C)C)c1. The van der Waals surface area contributed by atoms with E-state index in [0.29, 0.717) is 6.10 Å². The van der Waals surface area contributed by atoms with Gasteiger partial charge in [0.1, 0.15) is 5.75 Å². The van der Waals surface area contributed by atoms with Crippen LogP contribution in [-0.4, -0.2) is 18.8 Å². The van der Waals surface area contributed by atoms with E-state index in [1.165, 1.54) is 0 Å². The van der Waals surface area contributed by atoms with Gasteiger partial charge in [-0.05, 0) is 44.4 Å². The van der Waals surface area contributed by atoms with Crippen molar-refractivity contribution in [3.05, 3.63) is 29.8 Å². The average Bonchev–Trinajstić information content (AvgIpc) is 2.98. The summed E-state index contributed by atoms with van der Waals surface area (Å²) in [5, 5.41) is 9.27. The second-order valence-corrected chi connectivity index (χ2v) is 5.25. The maximum Gasteiger partial charge on any atom is 0.119 e. The van der Waals surface area contributed by atoms with Crippen LogP contribution in [0.25, 0.3) is 0 Å². The van der Waals surface area contributed by atoms with Crippen LogP contribution in [0.3, 0.4) is 0 Å². The van der Waals surface area contributed by atoms with Crippen LogP contribution in [0.2, 0.25) is 0 Å². The summed E-state index contributed by atoms with van der Waals surface area (Å²) in [5.41, 5.74) is 1.03. The van der Waals surface area contributed by atoms with Gasteiger partial charge in [0, 0.05) is 0 Å². The largest absolute Gasteiger partial charge is 0.497 e. The van der Waals surface area contributed by atoms with Crippen molar-refractivity contribution < 1.29 is 9.47 Å². The molecule has 1 aliphatic heterocycles. The third-order valence-electron chi connectivity index (χ3n) is 3.53. The zero-order valence-corrected chi connectivity index (χ0v) is 11.1. The first-order valence-corrected chi connectivity index (χ1v) is 6.28. The lowest BCUT2D eigenvalue weighted by Gasteiger charge is -2.10. The van der Waals surface area contributed by atoms with Crippen molar-refractivity contribution in [2.45, 2.75) is 44.3 Å². The van der Waals surface area contributed by atoms with E-state index in [4.69, 9.17) is 9.47 Å². The molecule has 96 valence electrons. The normalized spacial score (nSPS) is 22.0. The number of benzene rings is 1. The molecule has 2 atom stereocenters. The second-order valence-electron chi connectivity index (χ2n) is 5.25. The molecule has 3 heteroatoms. The molecule has 1 fully saturated rings. The summed E-state index contributed by atoms with van der Waals surface area (Å²) in [4.78, 5) is 0. The summed E-state index contributed by atoms with van der Waals surface area (Å²) in [6.45, 7) is 4.18. The lowest BCUT2D eigenvalue weighted by Crippen LogP contribution is -2.05. The van der Waals surface area contributed by atoms with Gasteiger partial charge in [0.05, 0.1) is 30.8 Å². The van der Waals surface area contributed by atoms with E-state index in [9.17, 15) is 5.26 Å². The van der Waals surface area contributed by atoms with Gasteiger partial charge in [-0.25, -0.2) is 0 Å². The lowest BCUT2D eigenvalue weighted by atomic mass is 9.93. The van der Waals surface area contributed by atoms with Crippen molar-refractivity contribution in [2.24, 2.45) is 0 Å². The van der Waals surface area contributed by atoms with Gasteiger partial charge in [-0.2, -0.15) is 5.26 Å².